The smallest absolute Gasteiger partial charge is 0.138 e. The van der Waals surface area contributed by atoms with Gasteiger partial charge in [0, 0.05) is 24.9 Å². The first kappa shape index (κ1) is 10.6. The van der Waals surface area contributed by atoms with Gasteiger partial charge in [0.1, 0.15) is 11.5 Å². The van der Waals surface area contributed by atoms with Crippen molar-refractivity contribution in [3.05, 3.63) is 66.0 Å². The summed E-state index contributed by atoms with van der Waals surface area (Å²) in [5, 5.41) is 3.54. The van der Waals surface area contributed by atoms with Crippen LogP contribution < -0.4 is 5.32 Å². The summed E-state index contributed by atoms with van der Waals surface area (Å²) in [4.78, 5) is 4.30. The highest BCUT2D eigenvalue weighted by molar-refractivity contribution is 5.50. The summed E-state index contributed by atoms with van der Waals surface area (Å²) in [7, 11) is 0. The summed E-state index contributed by atoms with van der Waals surface area (Å²) in [5.41, 5.74) is 3.97. The maximum atomic E-state index is 4.30. The molecular weight excluding hydrogens is 234 g/mol. The second-order valence-corrected chi connectivity index (χ2v) is 5.05. The minimum absolute atomic E-state index is 0.634. The van der Waals surface area contributed by atoms with Gasteiger partial charge < -0.3 is 5.32 Å². The molecule has 2 aromatic heterocycles. The van der Waals surface area contributed by atoms with E-state index >= 15 is 0 Å². The average Bonchev–Trinajstić information content (AvgIpc) is 2.89. The number of aromatic nitrogens is 2. The summed E-state index contributed by atoms with van der Waals surface area (Å²) >= 11 is 0. The van der Waals surface area contributed by atoms with Gasteiger partial charge in [-0.2, -0.15) is 0 Å². The fourth-order valence-corrected chi connectivity index (χ4v) is 2.86. The Morgan fingerprint density at radius 1 is 1.16 bits per heavy atom. The molecule has 0 bridgehead atoms. The van der Waals surface area contributed by atoms with Crippen molar-refractivity contribution in [2.45, 2.75) is 12.3 Å². The number of anilines is 1. The summed E-state index contributed by atoms with van der Waals surface area (Å²) in [6, 6.07) is 14.9. The maximum absolute atomic E-state index is 4.30. The Labute approximate surface area is 111 Å². The molecule has 1 unspecified atom stereocenters. The Balaban J connectivity index is 1.53. The monoisotopic (exact) mass is 249 g/mol. The molecule has 0 saturated carbocycles. The molecule has 0 aliphatic heterocycles. The van der Waals surface area contributed by atoms with Crippen molar-refractivity contribution in [3.8, 4) is 0 Å². The quantitative estimate of drug-likeness (QED) is 0.773. The van der Waals surface area contributed by atoms with Crippen LogP contribution in [-0.2, 0) is 6.42 Å². The van der Waals surface area contributed by atoms with Gasteiger partial charge in [0.15, 0.2) is 0 Å². The molecule has 1 N–H and O–H groups in total. The van der Waals surface area contributed by atoms with Crippen molar-refractivity contribution in [2.75, 3.05) is 11.9 Å². The summed E-state index contributed by atoms with van der Waals surface area (Å²) in [6.45, 7) is 0.980. The number of pyridine rings is 1. The second-order valence-electron chi connectivity index (χ2n) is 5.05. The molecule has 1 aliphatic carbocycles. The highest BCUT2D eigenvalue weighted by Crippen LogP contribution is 2.34. The number of hydrogen-bond donors (Lipinski definition) is 1. The Kier molecular flexibility index (Phi) is 2.30. The van der Waals surface area contributed by atoms with Crippen LogP contribution in [0.1, 0.15) is 17.0 Å². The number of fused-ring (bicyclic) bond motifs is 2. The summed E-state index contributed by atoms with van der Waals surface area (Å²) < 4.78 is 2.09. The first-order chi connectivity index (χ1) is 9.42. The van der Waals surface area contributed by atoms with Crippen LogP contribution in [-0.4, -0.2) is 15.9 Å². The third kappa shape index (κ3) is 1.70. The van der Waals surface area contributed by atoms with Crippen LogP contribution in [0, 0.1) is 0 Å². The molecule has 1 aliphatic rings. The van der Waals surface area contributed by atoms with E-state index in [2.05, 4.69) is 45.0 Å². The highest BCUT2D eigenvalue weighted by atomic mass is 15.1. The predicted octanol–water partition coefficient (Wildman–Crippen LogP) is 3.09. The van der Waals surface area contributed by atoms with Crippen LogP contribution in [0.3, 0.4) is 0 Å². The van der Waals surface area contributed by atoms with Gasteiger partial charge in [-0.25, -0.2) is 4.98 Å². The van der Waals surface area contributed by atoms with Crippen LogP contribution in [0.5, 0.6) is 0 Å². The molecule has 1 atom stereocenters. The van der Waals surface area contributed by atoms with Gasteiger partial charge in [0.25, 0.3) is 0 Å². The molecule has 3 heteroatoms. The van der Waals surface area contributed by atoms with Crippen LogP contribution >= 0.6 is 0 Å². The minimum atomic E-state index is 0.634. The lowest BCUT2D eigenvalue weighted by atomic mass is 9.77. The lowest BCUT2D eigenvalue weighted by Crippen LogP contribution is -2.24. The number of benzene rings is 1. The zero-order chi connectivity index (χ0) is 12.7. The molecule has 4 rings (SSSR count). The van der Waals surface area contributed by atoms with Gasteiger partial charge >= 0.3 is 0 Å². The number of imidazole rings is 1. The molecule has 0 fully saturated rings. The molecule has 0 spiro atoms. The SMILES string of the molecule is c1ccc2c(c1)CC2CNc1cccc2nccn12. The van der Waals surface area contributed by atoms with E-state index in [4.69, 9.17) is 0 Å². The molecule has 19 heavy (non-hydrogen) atoms. The Hall–Kier alpha value is -2.29. The zero-order valence-electron chi connectivity index (χ0n) is 10.6. The van der Waals surface area contributed by atoms with Crippen molar-refractivity contribution in [3.63, 3.8) is 0 Å². The minimum Gasteiger partial charge on any atom is -0.371 e. The highest BCUT2D eigenvalue weighted by Gasteiger charge is 2.24. The van der Waals surface area contributed by atoms with Crippen molar-refractivity contribution >= 4 is 11.5 Å². The van der Waals surface area contributed by atoms with Crippen LogP contribution in [0.25, 0.3) is 5.65 Å². The Bertz CT molecular complexity index is 729. The second kappa shape index (κ2) is 4.12. The fourth-order valence-electron chi connectivity index (χ4n) is 2.86. The van der Waals surface area contributed by atoms with E-state index in [0.29, 0.717) is 5.92 Å². The zero-order valence-corrected chi connectivity index (χ0v) is 10.6. The van der Waals surface area contributed by atoms with Gasteiger partial charge in [0.05, 0.1) is 0 Å². The maximum Gasteiger partial charge on any atom is 0.138 e. The molecule has 0 saturated heterocycles. The van der Waals surface area contributed by atoms with E-state index in [1.807, 2.05) is 24.5 Å². The van der Waals surface area contributed by atoms with E-state index in [9.17, 15) is 0 Å². The average molecular weight is 249 g/mol. The van der Waals surface area contributed by atoms with Crippen LogP contribution in [0.4, 0.5) is 5.82 Å². The van der Waals surface area contributed by atoms with Crippen LogP contribution in [0.15, 0.2) is 54.9 Å². The van der Waals surface area contributed by atoms with Crippen molar-refractivity contribution in [1.29, 1.82) is 0 Å². The fraction of sp³-hybridized carbons (Fsp3) is 0.188. The normalized spacial score (nSPS) is 16.9. The first-order valence-corrected chi connectivity index (χ1v) is 6.65. The lowest BCUT2D eigenvalue weighted by molar-refractivity contribution is 0.634. The van der Waals surface area contributed by atoms with Gasteiger partial charge in [-0.3, -0.25) is 4.40 Å². The van der Waals surface area contributed by atoms with E-state index in [0.717, 1.165) is 18.0 Å². The molecule has 1 aromatic carbocycles. The largest absolute Gasteiger partial charge is 0.371 e. The molecule has 0 radical (unpaired) electrons. The van der Waals surface area contributed by atoms with E-state index < -0.39 is 0 Å². The van der Waals surface area contributed by atoms with Gasteiger partial charge in [-0.15, -0.1) is 0 Å². The summed E-state index contributed by atoms with van der Waals surface area (Å²) in [6.07, 6.45) is 5.01. The van der Waals surface area contributed by atoms with Crippen molar-refractivity contribution in [2.24, 2.45) is 0 Å². The number of hydrogen-bond acceptors (Lipinski definition) is 2. The third-order valence-corrected chi connectivity index (χ3v) is 3.92. The topological polar surface area (TPSA) is 29.3 Å². The molecule has 3 aromatic rings. The number of nitrogens with zero attached hydrogens (tertiary/aromatic N) is 2. The molecule has 2 heterocycles. The number of nitrogens with one attached hydrogen (secondary N) is 1. The standard InChI is InChI=1S/C16H15N3/c1-2-5-14-12(4-1)10-13(14)11-18-16-7-3-6-15-17-8-9-19(15)16/h1-9,13,18H,10-11H2. The van der Waals surface area contributed by atoms with Gasteiger partial charge in [-0.05, 0) is 29.7 Å². The lowest BCUT2D eigenvalue weighted by Gasteiger charge is -2.30. The molecule has 94 valence electrons. The van der Waals surface area contributed by atoms with Gasteiger partial charge in [0.2, 0.25) is 0 Å². The van der Waals surface area contributed by atoms with E-state index in [-0.39, 0.29) is 0 Å². The predicted molar refractivity (Wildman–Crippen MR) is 76.6 cm³/mol. The third-order valence-electron chi connectivity index (χ3n) is 3.92. The van der Waals surface area contributed by atoms with E-state index in [1.165, 1.54) is 17.5 Å². The van der Waals surface area contributed by atoms with E-state index in [1.54, 1.807) is 0 Å². The molecular formula is C16H15N3. The van der Waals surface area contributed by atoms with Crippen LogP contribution in [0.2, 0.25) is 0 Å². The Morgan fingerprint density at radius 3 is 3.05 bits per heavy atom. The van der Waals surface area contributed by atoms with Crippen molar-refractivity contribution < 1.29 is 0 Å². The number of rotatable bonds is 3. The first-order valence-electron chi connectivity index (χ1n) is 6.65. The molecule has 3 nitrogen and oxygen atoms in total. The van der Waals surface area contributed by atoms with Gasteiger partial charge in [-0.1, -0.05) is 30.3 Å². The van der Waals surface area contributed by atoms with Crippen molar-refractivity contribution in [1.82, 2.24) is 9.38 Å². The Morgan fingerprint density at radius 2 is 2.11 bits per heavy atom. The molecule has 0 amide bonds. The summed E-state index contributed by atoms with van der Waals surface area (Å²) in [5.74, 6) is 1.74.